The molecule has 6 rings (SSSR count). The van der Waals surface area contributed by atoms with Gasteiger partial charge in [-0.15, -0.1) is 0 Å². The van der Waals surface area contributed by atoms with E-state index in [0.717, 1.165) is 0 Å². The van der Waals surface area contributed by atoms with Crippen molar-refractivity contribution in [3.63, 3.8) is 0 Å². The third-order valence-electron chi connectivity index (χ3n) is 9.63. The number of ether oxygens (including phenoxy) is 5. The van der Waals surface area contributed by atoms with E-state index < -0.39 is 64.7 Å². The third kappa shape index (κ3) is 4.24. The predicted octanol–water partition coefficient (Wildman–Crippen LogP) is 4.03. The first kappa shape index (κ1) is 30.8. The van der Waals surface area contributed by atoms with Crippen molar-refractivity contribution < 1.29 is 53.4 Å². The van der Waals surface area contributed by atoms with Gasteiger partial charge in [-0.05, 0) is 63.8 Å². The Labute approximate surface area is 260 Å². The molecule has 2 aliphatic carbocycles. The lowest BCUT2D eigenvalue weighted by Gasteiger charge is -2.46. The average Bonchev–Trinajstić information content (AvgIpc) is 2.95. The minimum Gasteiger partial charge on any atom is -0.506 e. The number of hydrogen-bond acceptors (Lipinski definition) is 11. The number of aliphatic hydroxyl groups is 1. The van der Waals surface area contributed by atoms with Crippen molar-refractivity contribution in [1.29, 1.82) is 0 Å². The summed E-state index contributed by atoms with van der Waals surface area (Å²) in [6.07, 6.45) is 0.629. The van der Waals surface area contributed by atoms with E-state index in [1.807, 2.05) is 0 Å². The number of aryl methyl sites for hydroxylation is 2. The van der Waals surface area contributed by atoms with Gasteiger partial charge in [0.15, 0.2) is 28.9 Å². The van der Waals surface area contributed by atoms with Gasteiger partial charge in [0.1, 0.15) is 46.3 Å². The topological polar surface area (TPSA) is 158 Å². The van der Waals surface area contributed by atoms with Crippen LogP contribution in [-0.4, -0.2) is 82.7 Å². The molecule has 6 atom stereocenters. The van der Waals surface area contributed by atoms with Crippen LogP contribution in [0, 0.1) is 13.8 Å². The van der Waals surface area contributed by atoms with Crippen LogP contribution in [-0.2, 0) is 19.0 Å². The Hall–Kier alpha value is -4.19. The molecule has 2 aliphatic heterocycles. The van der Waals surface area contributed by atoms with Crippen LogP contribution >= 0.6 is 0 Å². The molecule has 0 bridgehead atoms. The summed E-state index contributed by atoms with van der Waals surface area (Å²) in [7, 11) is 2.96. The van der Waals surface area contributed by atoms with Crippen molar-refractivity contribution in [1.82, 2.24) is 0 Å². The Morgan fingerprint density at radius 3 is 1.71 bits per heavy atom. The number of benzene rings is 2. The number of methoxy groups -OCH3 is 2. The van der Waals surface area contributed by atoms with Crippen molar-refractivity contribution in [3.05, 3.63) is 57.7 Å². The first-order valence-electron chi connectivity index (χ1n) is 14.7. The number of hydrogen-bond donors (Lipinski definition) is 3. The number of carbonyl (C=O) groups is 3. The highest BCUT2D eigenvalue weighted by Crippen LogP contribution is 2.54. The molecule has 4 aliphatic rings. The van der Waals surface area contributed by atoms with Crippen molar-refractivity contribution >= 4 is 17.5 Å². The van der Waals surface area contributed by atoms with Gasteiger partial charge in [-0.25, -0.2) is 0 Å². The van der Waals surface area contributed by atoms with Crippen LogP contribution in [0.3, 0.4) is 0 Å². The number of rotatable bonds is 4. The normalized spacial score (nSPS) is 30.0. The fourth-order valence-corrected chi connectivity index (χ4v) is 7.32. The zero-order chi connectivity index (χ0) is 32.7. The molecular weight excluding hydrogens is 584 g/mol. The van der Waals surface area contributed by atoms with Crippen molar-refractivity contribution in [2.24, 2.45) is 0 Å². The molecule has 0 unspecified atom stereocenters. The average molecular weight is 621 g/mol. The summed E-state index contributed by atoms with van der Waals surface area (Å²) in [5.41, 5.74) is -1.44. The van der Waals surface area contributed by atoms with Crippen LogP contribution in [0.5, 0.6) is 23.0 Å². The predicted molar refractivity (Wildman–Crippen MR) is 160 cm³/mol. The van der Waals surface area contributed by atoms with Gasteiger partial charge in [0, 0.05) is 43.4 Å². The van der Waals surface area contributed by atoms with Gasteiger partial charge in [-0.1, -0.05) is 12.2 Å². The number of phenolic OH excluding ortho intramolecular Hbond substituents is 2. The zero-order valence-electron chi connectivity index (χ0n) is 26.1. The summed E-state index contributed by atoms with van der Waals surface area (Å²) in [6.45, 7) is 7.87. The van der Waals surface area contributed by atoms with Gasteiger partial charge in [0.25, 0.3) is 0 Å². The fraction of sp³-hybridized carbons (Fsp3) is 0.441. The number of fused-ring (bicyclic) bond motifs is 4. The van der Waals surface area contributed by atoms with Crippen molar-refractivity contribution in [3.8, 4) is 34.1 Å². The Bertz CT molecular complexity index is 1740. The van der Waals surface area contributed by atoms with Gasteiger partial charge in [-0.2, -0.15) is 0 Å². The van der Waals surface area contributed by atoms with Crippen LogP contribution in [0.2, 0.25) is 0 Å². The number of aromatic hydroxyl groups is 2. The lowest BCUT2D eigenvalue weighted by atomic mass is 9.73. The standard InChI is InChI=1S/C34H36O11/c1-14-12-21-25(27(36)17-8-10-19(41-6)31(40)33(17,4)44-21)29(38)23(14)24-15(2)13-22-26(30(24)39)28(37)18-9-11-20(42-7)32(43-16(3)35)34(18,5)45-22/h8-9,12-13,19-20,31-32,38-40H,10-11H2,1-7H3/t19-,20-,31+,32-,33+,34+/m0/s1. The van der Waals surface area contributed by atoms with E-state index in [-0.39, 0.29) is 57.7 Å². The Morgan fingerprint density at radius 2 is 1.24 bits per heavy atom. The van der Waals surface area contributed by atoms with Gasteiger partial charge < -0.3 is 39.0 Å². The lowest BCUT2D eigenvalue weighted by molar-refractivity contribution is -0.171. The largest absolute Gasteiger partial charge is 0.506 e. The molecule has 0 amide bonds. The molecule has 0 saturated carbocycles. The zero-order valence-corrected chi connectivity index (χ0v) is 26.1. The van der Waals surface area contributed by atoms with Crippen LogP contribution < -0.4 is 9.47 Å². The minimum atomic E-state index is -1.40. The fourth-order valence-electron chi connectivity index (χ4n) is 7.32. The van der Waals surface area contributed by atoms with E-state index in [4.69, 9.17) is 23.7 Å². The van der Waals surface area contributed by atoms with E-state index in [1.54, 1.807) is 52.0 Å². The van der Waals surface area contributed by atoms with Crippen LogP contribution in [0.1, 0.15) is 65.5 Å². The maximum absolute atomic E-state index is 14.1. The molecule has 3 N–H and O–H groups in total. The first-order chi connectivity index (χ1) is 21.2. The molecular formula is C34H36O11. The number of carbonyl (C=O) groups excluding carboxylic acids is 3. The van der Waals surface area contributed by atoms with Gasteiger partial charge in [0.2, 0.25) is 0 Å². The van der Waals surface area contributed by atoms with Gasteiger partial charge in [-0.3, -0.25) is 14.4 Å². The molecule has 238 valence electrons. The van der Waals surface area contributed by atoms with E-state index in [9.17, 15) is 29.7 Å². The van der Waals surface area contributed by atoms with Crippen LogP contribution in [0.15, 0.2) is 35.4 Å². The van der Waals surface area contributed by atoms with Gasteiger partial charge in [0.05, 0.1) is 6.10 Å². The minimum absolute atomic E-state index is 0.0756. The number of ketones is 2. The second kappa shape index (κ2) is 10.4. The smallest absolute Gasteiger partial charge is 0.303 e. The molecule has 2 aromatic carbocycles. The van der Waals surface area contributed by atoms with E-state index in [2.05, 4.69) is 0 Å². The Balaban J connectivity index is 1.49. The molecule has 11 heteroatoms. The number of phenols is 2. The third-order valence-corrected chi connectivity index (χ3v) is 9.63. The maximum atomic E-state index is 14.1. The SMILES string of the molecule is CO[C@H]1CC=C2C(=O)c3c(cc(C)c(-c4c(C)cc5c(c4O)C(=O)C4=CC[C@H](OC)[C@H](OC(C)=O)[C@]4(C)O5)c3O)O[C@@]2(C)[C@@H]1O. The molecule has 0 spiro atoms. The first-order valence-corrected chi connectivity index (χ1v) is 14.7. The molecule has 2 aromatic rings. The number of Topliss-reactive ketones (excluding diaryl/α,β-unsaturated/α-hetero) is 2. The summed E-state index contributed by atoms with van der Waals surface area (Å²) in [5, 5.41) is 34.4. The summed E-state index contributed by atoms with van der Waals surface area (Å²) in [6, 6.07) is 3.14. The molecule has 45 heavy (non-hydrogen) atoms. The van der Waals surface area contributed by atoms with Crippen LogP contribution in [0.25, 0.3) is 11.1 Å². The number of aliphatic hydroxyl groups excluding tert-OH is 1. The number of esters is 1. The maximum Gasteiger partial charge on any atom is 0.303 e. The monoisotopic (exact) mass is 620 g/mol. The second-order valence-corrected chi connectivity index (χ2v) is 12.4. The van der Waals surface area contributed by atoms with E-state index in [1.165, 1.54) is 21.1 Å². The Morgan fingerprint density at radius 1 is 0.800 bits per heavy atom. The van der Waals surface area contributed by atoms with E-state index in [0.29, 0.717) is 11.1 Å². The molecule has 0 saturated heterocycles. The highest BCUT2D eigenvalue weighted by molar-refractivity contribution is 6.18. The quantitative estimate of drug-likeness (QED) is 0.424. The second-order valence-electron chi connectivity index (χ2n) is 12.4. The molecule has 11 nitrogen and oxygen atoms in total. The summed E-state index contributed by atoms with van der Waals surface area (Å²) in [5.74, 6) is -2.31. The van der Waals surface area contributed by atoms with Crippen LogP contribution in [0.4, 0.5) is 0 Å². The molecule has 0 aromatic heterocycles. The molecule has 0 fully saturated rings. The van der Waals surface area contributed by atoms with Crippen molar-refractivity contribution in [2.75, 3.05) is 14.2 Å². The van der Waals surface area contributed by atoms with E-state index >= 15 is 0 Å². The van der Waals surface area contributed by atoms with Gasteiger partial charge >= 0.3 is 5.97 Å². The molecule has 2 heterocycles. The Kier molecular flexibility index (Phi) is 7.15. The summed E-state index contributed by atoms with van der Waals surface area (Å²) < 4.78 is 29.1. The lowest BCUT2D eigenvalue weighted by Crippen LogP contribution is -2.59. The summed E-state index contributed by atoms with van der Waals surface area (Å²) in [4.78, 5) is 39.9. The highest BCUT2D eigenvalue weighted by atomic mass is 16.6. The summed E-state index contributed by atoms with van der Waals surface area (Å²) >= 11 is 0. The highest BCUT2D eigenvalue weighted by Gasteiger charge is 2.56. The molecule has 0 radical (unpaired) electrons. The van der Waals surface area contributed by atoms with Crippen molar-refractivity contribution in [2.45, 2.75) is 83.1 Å².